The summed E-state index contributed by atoms with van der Waals surface area (Å²) in [5.41, 5.74) is 2.63. The third-order valence-corrected chi connectivity index (χ3v) is 2.84. The molecule has 0 spiro atoms. The van der Waals surface area contributed by atoms with Crippen molar-refractivity contribution in [2.45, 2.75) is 32.8 Å². The van der Waals surface area contributed by atoms with E-state index < -0.39 is 0 Å². The molecule has 17 heavy (non-hydrogen) atoms. The molecule has 0 heterocycles. The average molecular weight is 234 g/mol. The van der Waals surface area contributed by atoms with E-state index in [1.807, 2.05) is 13.0 Å². The Morgan fingerprint density at radius 2 is 1.88 bits per heavy atom. The summed E-state index contributed by atoms with van der Waals surface area (Å²) in [6, 6.07) is 8.62. The molecule has 0 aromatic heterocycles. The molecular formula is C15H22O2. The largest absolute Gasteiger partial charge is 0.501 e. The zero-order valence-corrected chi connectivity index (χ0v) is 11.2. The Labute approximate surface area is 104 Å². The topological polar surface area (TPSA) is 18.5 Å². The van der Waals surface area contributed by atoms with Crippen LogP contribution in [0.2, 0.25) is 0 Å². The summed E-state index contributed by atoms with van der Waals surface area (Å²) in [6.07, 6.45) is 4.03. The maximum absolute atomic E-state index is 5.35. The second-order valence-corrected chi connectivity index (χ2v) is 4.26. The molecular weight excluding hydrogens is 212 g/mol. The highest BCUT2D eigenvalue weighted by atomic mass is 16.5. The number of ether oxygens (including phenoxy) is 2. The van der Waals surface area contributed by atoms with Crippen molar-refractivity contribution in [3.8, 4) is 0 Å². The zero-order chi connectivity index (χ0) is 12.7. The normalized spacial score (nSPS) is 13.5. The SMILES string of the molecule is COC(=CC(C)OC)CCc1ccc(C)cc1. The molecule has 0 aliphatic carbocycles. The van der Waals surface area contributed by atoms with Crippen LogP contribution in [-0.2, 0) is 15.9 Å². The summed E-state index contributed by atoms with van der Waals surface area (Å²) < 4.78 is 10.5. The molecule has 0 fully saturated rings. The van der Waals surface area contributed by atoms with Gasteiger partial charge in [0.15, 0.2) is 0 Å². The van der Waals surface area contributed by atoms with E-state index in [4.69, 9.17) is 9.47 Å². The maximum atomic E-state index is 5.35. The van der Waals surface area contributed by atoms with Crippen molar-refractivity contribution in [3.63, 3.8) is 0 Å². The van der Waals surface area contributed by atoms with E-state index in [1.54, 1.807) is 14.2 Å². The Balaban J connectivity index is 2.53. The van der Waals surface area contributed by atoms with E-state index in [0.29, 0.717) is 0 Å². The Bertz CT molecular complexity index is 352. The van der Waals surface area contributed by atoms with Crippen LogP contribution in [0.5, 0.6) is 0 Å². The molecule has 0 aliphatic rings. The number of benzene rings is 1. The first kappa shape index (κ1) is 13.8. The lowest BCUT2D eigenvalue weighted by Gasteiger charge is -2.10. The molecule has 2 heteroatoms. The second kappa shape index (κ2) is 7.13. The van der Waals surface area contributed by atoms with Gasteiger partial charge in [0.25, 0.3) is 0 Å². The molecule has 94 valence electrons. The molecule has 0 aliphatic heterocycles. The van der Waals surface area contributed by atoms with Gasteiger partial charge in [-0.3, -0.25) is 0 Å². The molecule has 0 amide bonds. The Morgan fingerprint density at radius 3 is 2.41 bits per heavy atom. The quantitative estimate of drug-likeness (QED) is 0.701. The predicted molar refractivity (Wildman–Crippen MR) is 71.1 cm³/mol. The summed E-state index contributed by atoms with van der Waals surface area (Å²) in [7, 11) is 3.41. The van der Waals surface area contributed by atoms with Gasteiger partial charge in [-0.15, -0.1) is 0 Å². The van der Waals surface area contributed by atoms with Crippen LogP contribution in [0.15, 0.2) is 36.1 Å². The van der Waals surface area contributed by atoms with Crippen LogP contribution < -0.4 is 0 Å². The summed E-state index contributed by atoms with van der Waals surface area (Å²) in [6.45, 7) is 4.11. The molecule has 0 radical (unpaired) electrons. The summed E-state index contributed by atoms with van der Waals surface area (Å²) in [4.78, 5) is 0. The van der Waals surface area contributed by atoms with Crippen molar-refractivity contribution in [1.29, 1.82) is 0 Å². The number of allylic oxidation sites excluding steroid dienone is 1. The van der Waals surface area contributed by atoms with E-state index >= 15 is 0 Å². The Hall–Kier alpha value is -1.28. The van der Waals surface area contributed by atoms with Crippen molar-refractivity contribution in [1.82, 2.24) is 0 Å². The summed E-state index contributed by atoms with van der Waals surface area (Å²) in [5, 5.41) is 0. The lowest BCUT2D eigenvalue weighted by molar-refractivity contribution is 0.149. The van der Waals surface area contributed by atoms with Crippen molar-refractivity contribution in [2.75, 3.05) is 14.2 Å². The van der Waals surface area contributed by atoms with E-state index in [9.17, 15) is 0 Å². The van der Waals surface area contributed by atoms with Gasteiger partial charge in [0.1, 0.15) is 0 Å². The molecule has 0 N–H and O–H groups in total. The number of aryl methyl sites for hydroxylation is 2. The number of methoxy groups -OCH3 is 2. The highest BCUT2D eigenvalue weighted by Gasteiger charge is 2.02. The number of hydrogen-bond acceptors (Lipinski definition) is 2. The highest BCUT2D eigenvalue weighted by Crippen LogP contribution is 2.12. The van der Waals surface area contributed by atoms with Crippen LogP contribution >= 0.6 is 0 Å². The molecule has 0 saturated carbocycles. The number of rotatable bonds is 6. The average Bonchev–Trinajstić information content (AvgIpc) is 2.36. The van der Waals surface area contributed by atoms with Crippen LogP contribution in [0.25, 0.3) is 0 Å². The van der Waals surface area contributed by atoms with Gasteiger partial charge in [0.2, 0.25) is 0 Å². The van der Waals surface area contributed by atoms with Crippen molar-refractivity contribution in [2.24, 2.45) is 0 Å². The lowest BCUT2D eigenvalue weighted by atomic mass is 10.1. The van der Waals surface area contributed by atoms with Gasteiger partial charge >= 0.3 is 0 Å². The van der Waals surface area contributed by atoms with Crippen molar-refractivity contribution < 1.29 is 9.47 Å². The molecule has 1 rings (SSSR count). The van der Waals surface area contributed by atoms with Crippen LogP contribution in [0, 0.1) is 6.92 Å². The summed E-state index contributed by atoms with van der Waals surface area (Å²) in [5.74, 6) is 0.986. The third kappa shape index (κ3) is 5.05. The van der Waals surface area contributed by atoms with Gasteiger partial charge in [-0.05, 0) is 31.9 Å². The minimum absolute atomic E-state index is 0.1000. The van der Waals surface area contributed by atoms with Crippen molar-refractivity contribution in [3.05, 3.63) is 47.2 Å². The molecule has 1 aromatic rings. The molecule has 1 unspecified atom stereocenters. The lowest BCUT2D eigenvalue weighted by Crippen LogP contribution is -2.03. The molecule has 1 atom stereocenters. The fourth-order valence-electron chi connectivity index (χ4n) is 1.61. The van der Waals surface area contributed by atoms with Gasteiger partial charge in [-0.2, -0.15) is 0 Å². The molecule has 0 bridgehead atoms. The van der Waals surface area contributed by atoms with Gasteiger partial charge in [-0.1, -0.05) is 29.8 Å². The molecule has 1 aromatic carbocycles. The highest BCUT2D eigenvalue weighted by molar-refractivity contribution is 5.22. The minimum Gasteiger partial charge on any atom is -0.501 e. The van der Waals surface area contributed by atoms with Crippen molar-refractivity contribution >= 4 is 0 Å². The van der Waals surface area contributed by atoms with Gasteiger partial charge in [0.05, 0.1) is 19.0 Å². The monoisotopic (exact) mass is 234 g/mol. The standard InChI is InChI=1S/C15H22O2/c1-12-5-7-14(8-6-12)9-10-15(17-4)11-13(2)16-3/h5-8,11,13H,9-10H2,1-4H3. The van der Waals surface area contributed by atoms with Crippen LogP contribution in [0.3, 0.4) is 0 Å². The zero-order valence-electron chi connectivity index (χ0n) is 11.2. The fraction of sp³-hybridized carbons (Fsp3) is 0.467. The predicted octanol–water partition coefficient (Wildman–Crippen LogP) is 3.49. The first-order chi connectivity index (χ1) is 8.15. The van der Waals surface area contributed by atoms with Crippen LogP contribution in [-0.4, -0.2) is 20.3 Å². The number of hydrogen-bond donors (Lipinski definition) is 0. The van der Waals surface area contributed by atoms with Gasteiger partial charge in [0, 0.05) is 13.5 Å². The summed E-state index contributed by atoms with van der Waals surface area (Å²) >= 11 is 0. The smallest absolute Gasteiger partial charge is 0.0944 e. The van der Waals surface area contributed by atoms with E-state index in [0.717, 1.165) is 18.6 Å². The van der Waals surface area contributed by atoms with Gasteiger partial charge in [-0.25, -0.2) is 0 Å². The third-order valence-electron chi connectivity index (χ3n) is 2.84. The fourth-order valence-corrected chi connectivity index (χ4v) is 1.61. The van der Waals surface area contributed by atoms with Gasteiger partial charge < -0.3 is 9.47 Å². The first-order valence-corrected chi connectivity index (χ1v) is 5.98. The Kier molecular flexibility index (Phi) is 5.78. The maximum Gasteiger partial charge on any atom is 0.0944 e. The minimum atomic E-state index is 0.1000. The second-order valence-electron chi connectivity index (χ2n) is 4.26. The van der Waals surface area contributed by atoms with Crippen LogP contribution in [0.4, 0.5) is 0 Å². The van der Waals surface area contributed by atoms with E-state index in [2.05, 4.69) is 31.2 Å². The molecule has 0 saturated heterocycles. The van der Waals surface area contributed by atoms with E-state index in [-0.39, 0.29) is 6.10 Å². The first-order valence-electron chi connectivity index (χ1n) is 5.98. The van der Waals surface area contributed by atoms with E-state index in [1.165, 1.54) is 11.1 Å². The van der Waals surface area contributed by atoms with Crippen LogP contribution in [0.1, 0.15) is 24.5 Å². The molecule has 2 nitrogen and oxygen atoms in total. The Morgan fingerprint density at radius 1 is 1.24 bits per heavy atom.